The van der Waals surface area contributed by atoms with Gasteiger partial charge in [-0.1, -0.05) is 42.0 Å². The average Bonchev–Trinajstić information content (AvgIpc) is 3.48. The summed E-state index contributed by atoms with van der Waals surface area (Å²) in [6.07, 6.45) is 2.41. The number of carbonyl (C=O) groups excluding carboxylic acids is 1. The molecule has 1 amide bonds. The second-order valence-corrected chi connectivity index (χ2v) is 9.52. The van der Waals surface area contributed by atoms with Crippen LogP contribution in [0.3, 0.4) is 0 Å². The van der Waals surface area contributed by atoms with Crippen LogP contribution in [0.1, 0.15) is 41.4 Å². The van der Waals surface area contributed by atoms with E-state index < -0.39 is 18.3 Å². The van der Waals surface area contributed by atoms with Gasteiger partial charge < -0.3 is 20.8 Å². The molecule has 0 saturated carbocycles. The standard InChI is InChI=1S/C28H31N7O3/c1-17-5-4-6-19(13-17)24(16-36)31-26(37)18(2)35-15-21-8-7-20(14-22(21)27(35)38)23-9-11-29-28(32-23)33-25-10-12-30-34(25)3/h4-14,18,24,27,36,38H,15-16H2,1-3H3,(H,31,37)(H,29,32,33)/t18-,24-,27?/m1/s1. The monoisotopic (exact) mass is 513 g/mol. The number of nitrogens with one attached hydrogen (secondary N) is 2. The molecule has 3 atom stereocenters. The summed E-state index contributed by atoms with van der Waals surface area (Å²) in [4.78, 5) is 23.8. The zero-order valence-corrected chi connectivity index (χ0v) is 21.5. The number of aromatic nitrogens is 4. The predicted molar refractivity (Wildman–Crippen MR) is 143 cm³/mol. The Bertz CT molecular complexity index is 1450. The van der Waals surface area contributed by atoms with Crippen LogP contribution in [0.5, 0.6) is 0 Å². The summed E-state index contributed by atoms with van der Waals surface area (Å²) in [6, 6.07) is 16.0. The number of amides is 1. The Kier molecular flexibility index (Phi) is 7.19. The molecule has 0 bridgehead atoms. The van der Waals surface area contributed by atoms with Gasteiger partial charge in [0.05, 0.1) is 30.6 Å². The van der Waals surface area contributed by atoms with Crippen LogP contribution in [-0.2, 0) is 18.4 Å². The van der Waals surface area contributed by atoms with Gasteiger partial charge in [0.15, 0.2) is 0 Å². The van der Waals surface area contributed by atoms with E-state index in [1.807, 2.05) is 68.6 Å². The van der Waals surface area contributed by atoms with E-state index in [0.717, 1.165) is 33.6 Å². The minimum absolute atomic E-state index is 0.218. The molecule has 1 aliphatic rings. The topological polar surface area (TPSA) is 128 Å². The van der Waals surface area contributed by atoms with Crippen molar-refractivity contribution in [2.75, 3.05) is 11.9 Å². The van der Waals surface area contributed by atoms with Crippen molar-refractivity contribution < 1.29 is 15.0 Å². The Hall–Kier alpha value is -4.12. The van der Waals surface area contributed by atoms with Crippen LogP contribution in [0.25, 0.3) is 11.3 Å². The molecule has 0 fully saturated rings. The molecule has 4 aromatic rings. The molecular formula is C28H31N7O3. The van der Waals surface area contributed by atoms with Crippen LogP contribution in [0, 0.1) is 6.92 Å². The summed E-state index contributed by atoms with van der Waals surface area (Å²) < 4.78 is 1.69. The number of nitrogens with zero attached hydrogens (tertiary/aromatic N) is 5. The molecule has 2 aromatic carbocycles. The molecule has 1 aliphatic heterocycles. The van der Waals surface area contributed by atoms with E-state index in [4.69, 9.17) is 0 Å². The number of rotatable bonds is 8. The van der Waals surface area contributed by atoms with Gasteiger partial charge in [-0.05, 0) is 37.1 Å². The number of aryl methyl sites for hydroxylation is 2. The average molecular weight is 514 g/mol. The van der Waals surface area contributed by atoms with Crippen molar-refractivity contribution in [3.8, 4) is 11.3 Å². The van der Waals surface area contributed by atoms with Gasteiger partial charge in [-0.25, -0.2) is 9.97 Å². The van der Waals surface area contributed by atoms with E-state index in [9.17, 15) is 15.0 Å². The summed E-state index contributed by atoms with van der Waals surface area (Å²) in [7, 11) is 1.83. The van der Waals surface area contributed by atoms with Crippen molar-refractivity contribution >= 4 is 17.7 Å². The summed E-state index contributed by atoms with van der Waals surface area (Å²) in [5.41, 5.74) is 5.10. The quantitative estimate of drug-likeness (QED) is 0.283. The summed E-state index contributed by atoms with van der Waals surface area (Å²) in [6.45, 7) is 3.94. The molecule has 1 unspecified atom stereocenters. The third-order valence-electron chi connectivity index (χ3n) is 6.92. The highest BCUT2D eigenvalue weighted by atomic mass is 16.3. The highest BCUT2D eigenvalue weighted by molar-refractivity contribution is 5.82. The first-order valence-electron chi connectivity index (χ1n) is 12.5. The third-order valence-corrected chi connectivity index (χ3v) is 6.92. The summed E-state index contributed by atoms with van der Waals surface area (Å²) in [5.74, 6) is 0.936. The zero-order valence-electron chi connectivity index (χ0n) is 21.5. The Morgan fingerprint density at radius 3 is 2.74 bits per heavy atom. The first-order valence-corrected chi connectivity index (χ1v) is 12.5. The number of hydrogen-bond donors (Lipinski definition) is 4. The number of anilines is 2. The molecule has 0 spiro atoms. The predicted octanol–water partition coefficient (Wildman–Crippen LogP) is 2.97. The van der Waals surface area contributed by atoms with Gasteiger partial charge in [0.2, 0.25) is 11.9 Å². The number of fused-ring (bicyclic) bond motifs is 1. The Balaban J connectivity index is 1.30. The lowest BCUT2D eigenvalue weighted by Gasteiger charge is -2.28. The molecule has 10 nitrogen and oxygen atoms in total. The molecule has 4 N–H and O–H groups in total. The lowest BCUT2D eigenvalue weighted by Crippen LogP contribution is -2.46. The molecule has 5 rings (SSSR count). The maximum absolute atomic E-state index is 13.1. The molecule has 0 saturated heterocycles. The van der Waals surface area contributed by atoms with Gasteiger partial charge in [-0.15, -0.1) is 0 Å². The molecule has 10 heteroatoms. The van der Waals surface area contributed by atoms with Crippen molar-refractivity contribution in [3.05, 3.63) is 89.2 Å². The lowest BCUT2D eigenvalue weighted by molar-refractivity contribution is -0.131. The fraction of sp³-hybridized carbons (Fsp3) is 0.286. The second-order valence-electron chi connectivity index (χ2n) is 9.52. The van der Waals surface area contributed by atoms with Crippen molar-refractivity contribution in [1.29, 1.82) is 0 Å². The third kappa shape index (κ3) is 5.14. The van der Waals surface area contributed by atoms with Gasteiger partial charge in [0.25, 0.3) is 0 Å². The van der Waals surface area contributed by atoms with E-state index in [2.05, 4.69) is 25.7 Å². The van der Waals surface area contributed by atoms with E-state index >= 15 is 0 Å². The minimum Gasteiger partial charge on any atom is -0.394 e. The van der Waals surface area contributed by atoms with Crippen LogP contribution in [-0.4, -0.2) is 53.4 Å². The normalized spacial score (nSPS) is 16.6. The lowest BCUT2D eigenvalue weighted by atomic mass is 10.0. The van der Waals surface area contributed by atoms with E-state index in [1.54, 1.807) is 28.9 Å². The van der Waals surface area contributed by atoms with Gasteiger partial charge >= 0.3 is 0 Å². The van der Waals surface area contributed by atoms with Crippen molar-refractivity contribution in [1.82, 2.24) is 30.0 Å². The fourth-order valence-corrected chi connectivity index (χ4v) is 4.70. The first kappa shape index (κ1) is 25.5. The van der Waals surface area contributed by atoms with Crippen LogP contribution >= 0.6 is 0 Å². The van der Waals surface area contributed by atoms with Crippen molar-refractivity contribution in [2.24, 2.45) is 7.05 Å². The molecule has 0 aliphatic carbocycles. The van der Waals surface area contributed by atoms with Gasteiger partial charge in [0.1, 0.15) is 12.0 Å². The number of benzene rings is 2. The van der Waals surface area contributed by atoms with Crippen LogP contribution in [0.4, 0.5) is 11.8 Å². The molecule has 0 radical (unpaired) electrons. The van der Waals surface area contributed by atoms with Crippen LogP contribution < -0.4 is 10.6 Å². The Labute approximate surface area is 221 Å². The number of aliphatic hydroxyl groups excluding tert-OH is 2. The minimum atomic E-state index is -0.953. The van der Waals surface area contributed by atoms with E-state index in [-0.39, 0.29) is 12.5 Å². The van der Waals surface area contributed by atoms with Crippen molar-refractivity contribution in [3.63, 3.8) is 0 Å². The second kappa shape index (κ2) is 10.7. The van der Waals surface area contributed by atoms with Gasteiger partial charge in [-0.2, -0.15) is 5.10 Å². The number of hydrogen-bond acceptors (Lipinski definition) is 8. The molecule has 196 valence electrons. The maximum atomic E-state index is 13.1. The summed E-state index contributed by atoms with van der Waals surface area (Å²) in [5, 5.41) is 31.3. The largest absolute Gasteiger partial charge is 0.394 e. The van der Waals surface area contributed by atoms with Gasteiger partial charge in [0, 0.05) is 37.0 Å². The Morgan fingerprint density at radius 2 is 2.00 bits per heavy atom. The first-order chi connectivity index (χ1) is 18.3. The molecule has 38 heavy (non-hydrogen) atoms. The number of carbonyl (C=O) groups is 1. The van der Waals surface area contributed by atoms with E-state index in [0.29, 0.717) is 18.2 Å². The molecular weight excluding hydrogens is 482 g/mol. The number of aliphatic hydroxyl groups is 2. The SMILES string of the molecule is Cc1cccc([C@@H](CO)NC(=O)[C@@H](C)N2Cc3ccc(-c4ccnc(Nc5ccnn5C)n4)cc3C2O)c1. The molecule has 2 aromatic heterocycles. The van der Waals surface area contributed by atoms with Crippen molar-refractivity contribution in [2.45, 2.75) is 38.7 Å². The maximum Gasteiger partial charge on any atom is 0.237 e. The Morgan fingerprint density at radius 1 is 1.16 bits per heavy atom. The highest BCUT2D eigenvalue weighted by Crippen LogP contribution is 2.36. The van der Waals surface area contributed by atoms with Crippen LogP contribution in [0.15, 0.2) is 67.0 Å². The fourth-order valence-electron chi connectivity index (χ4n) is 4.70. The summed E-state index contributed by atoms with van der Waals surface area (Å²) >= 11 is 0. The smallest absolute Gasteiger partial charge is 0.237 e. The van der Waals surface area contributed by atoms with Gasteiger partial charge in [-0.3, -0.25) is 14.4 Å². The highest BCUT2D eigenvalue weighted by Gasteiger charge is 2.35. The molecule has 3 heterocycles. The van der Waals surface area contributed by atoms with Crippen LogP contribution in [0.2, 0.25) is 0 Å². The van der Waals surface area contributed by atoms with E-state index in [1.165, 1.54) is 0 Å². The zero-order chi connectivity index (χ0) is 26.8.